The van der Waals surface area contributed by atoms with Crippen LogP contribution in [0.1, 0.15) is 27.7 Å². The standard InChI is InChI=1S/C15H15NOS/c1-2-5-14-12(11-17)6-3-8-15(14)16-10-13-7-4-9-18-13/h2-9,11,16H,10H2,1H3/b5-2-. The van der Waals surface area contributed by atoms with Crippen molar-refractivity contribution in [3.05, 3.63) is 57.8 Å². The number of nitrogens with one attached hydrogen (secondary N) is 1. The van der Waals surface area contributed by atoms with E-state index in [1.165, 1.54) is 4.88 Å². The van der Waals surface area contributed by atoms with E-state index in [1.54, 1.807) is 11.3 Å². The van der Waals surface area contributed by atoms with E-state index in [2.05, 4.69) is 16.8 Å². The molecule has 0 atom stereocenters. The van der Waals surface area contributed by atoms with Crippen molar-refractivity contribution in [3.8, 4) is 0 Å². The van der Waals surface area contributed by atoms with Gasteiger partial charge in [-0.25, -0.2) is 0 Å². The molecule has 0 aliphatic heterocycles. The Bertz CT molecular complexity index is 544. The Balaban J connectivity index is 2.23. The molecule has 1 N–H and O–H groups in total. The maximum absolute atomic E-state index is 11.0. The van der Waals surface area contributed by atoms with Gasteiger partial charge in [-0.2, -0.15) is 0 Å². The quantitative estimate of drug-likeness (QED) is 0.813. The molecule has 0 unspecified atom stereocenters. The van der Waals surface area contributed by atoms with E-state index in [0.29, 0.717) is 5.56 Å². The molecule has 1 heterocycles. The number of hydrogen-bond acceptors (Lipinski definition) is 3. The third kappa shape index (κ3) is 2.87. The fraction of sp³-hybridized carbons (Fsp3) is 0.133. The molecule has 18 heavy (non-hydrogen) atoms. The van der Waals surface area contributed by atoms with E-state index in [-0.39, 0.29) is 0 Å². The van der Waals surface area contributed by atoms with Gasteiger partial charge in [-0.3, -0.25) is 4.79 Å². The number of benzene rings is 1. The molecule has 0 spiro atoms. The van der Waals surface area contributed by atoms with Crippen LogP contribution in [-0.4, -0.2) is 6.29 Å². The highest BCUT2D eigenvalue weighted by Gasteiger charge is 2.04. The van der Waals surface area contributed by atoms with Crippen LogP contribution in [0.5, 0.6) is 0 Å². The van der Waals surface area contributed by atoms with Crippen LogP contribution in [0.4, 0.5) is 5.69 Å². The average Bonchev–Trinajstić information content (AvgIpc) is 2.91. The van der Waals surface area contributed by atoms with Gasteiger partial charge in [0, 0.05) is 28.2 Å². The van der Waals surface area contributed by atoms with Crippen molar-refractivity contribution >= 4 is 29.4 Å². The maximum Gasteiger partial charge on any atom is 0.150 e. The molecule has 3 heteroatoms. The third-order valence-corrected chi connectivity index (χ3v) is 3.51. The Morgan fingerprint density at radius 1 is 1.28 bits per heavy atom. The molecular weight excluding hydrogens is 242 g/mol. The SMILES string of the molecule is C/C=C\c1c(C=O)cccc1NCc1cccs1. The summed E-state index contributed by atoms with van der Waals surface area (Å²) in [7, 11) is 0. The first-order chi connectivity index (χ1) is 8.85. The fourth-order valence-corrected chi connectivity index (χ4v) is 2.43. The van der Waals surface area contributed by atoms with Crippen LogP contribution in [0, 0.1) is 0 Å². The molecule has 2 nitrogen and oxygen atoms in total. The van der Waals surface area contributed by atoms with Crippen molar-refractivity contribution in [2.24, 2.45) is 0 Å². The van der Waals surface area contributed by atoms with Gasteiger partial charge in [-0.1, -0.05) is 30.4 Å². The van der Waals surface area contributed by atoms with Crippen LogP contribution < -0.4 is 5.32 Å². The van der Waals surface area contributed by atoms with E-state index in [0.717, 1.165) is 24.1 Å². The predicted molar refractivity (Wildman–Crippen MR) is 78.2 cm³/mol. The monoisotopic (exact) mass is 257 g/mol. The van der Waals surface area contributed by atoms with Gasteiger partial charge in [-0.15, -0.1) is 11.3 Å². The van der Waals surface area contributed by atoms with Crippen molar-refractivity contribution in [2.45, 2.75) is 13.5 Å². The van der Waals surface area contributed by atoms with Crippen molar-refractivity contribution < 1.29 is 4.79 Å². The first-order valence-corrected chi connectivity index (χ1v) is 6.70. The van der Waals surface area contributed by atoms with Gasteiger partial charge in [0.2, 0.25) is 0 Å². The second-order valence-corrected chi connectivity index (χ2v) is 4.89. The molecule has 0 amide bonds. The third-order valence-electron chi connectivity index (χ3n) is 2.63. The molecule has 0 aliphatic carbocycles. The second-order valence-electron chi connectivity index (χ2n) is 3.86. The van der Waals surface area contributed by atoms with E-state index < -0.39 is 0 Å². The van der Waals surface area contributed by atoms with Gasteiger partial charge in [0.25, 0.3) is 0 Å². The van der Waals surface area contributed by atoms with E-state index in [4.69, 9.17) is 0 Å². The summed E-state index contributed by atoms with van der Waals surface area (Å²) in [5.41, 5.74) is 2.65. The summed E-state index contributed by atoms with van der Waals surface area (Å²) in [6.45, 7) is 2.73. The number of allylic oxidation sites excluding steroid dienone is 1. The van der Waals surface area contributed by atoms with E-state index in [9.17, 15) is 4.79 Å². The number of aldehydes is 1. The Morgan fingerprint density at radius 3 is 2.83 bits per heavy atom. The van der Waals surface area contributed by atoms with Gasteiger partial charge in [0.05, 0.1) is 0 Å². The minimum Gasteiger partial charge on any atom is -0.380 e. The summed E-state index contributed by atoms with van der Waals surface area (Å²) in [6, 6.07) is 9.86. The Labute approximate surface area is 111 Å². The summed E-state index contributed by atoms with van der Waals surface area (Å²) in [6.07, 6.45) is 4.80. The highest BCUT2D eigenvalue weighted by atomic mass is 32.1. The van der Waals surface area contributed by atoms with Crippen LogP contribution in [-0.2, 0) is 6.54 Å². The maximum atomic E-state index is 11.0. The number of anilines is 1. The average molecular weight is 257 g/mol. The van der Waals surface area contributed by atoms with Gasteiger partial charge < -0.3 is 5.32 Å². The lowest BCUT2D eigenvalue weighted by atomic mass is 10.1. The van der Waals surface area contributed by atoms with Crippen molar-refractivity contribution in [2.75, 3.05) is 5.32 Å². The second kappa shape index (κ2) is 6.17. The number of rotatable bonds is 5. The topological polar surface area (TPSA) is 29.1 Å². The molecule has 92 valence electrons. The highest BCUT2D eigenvalue weighted by Crippen LogP contribution is 2.22. The summed E-state index contributed by atoms with van der Waals surface area (Å²) >= 11 is 1.72. The number of carbonyl (C=O) groups excluding carboxylic acids is 1. The molecule has 1 aromatic heterocycles. The van der Waals surface area contributed by atoms with Crippen LogP contribution in [0.2, 0.25) is 0 Å². The van der Waals surface area contributed by atoms with Gasteiger partial charge in [-0.05, 0) is 24.4 Å². The number of hydrogen-bond donors (Lipinski definition) is 1. The Kier molecular flexibility index (Phi) is 4.31. The summed E-state index contributed by atoms with van der Waals surface area (Å²) in [4.78, 5) is 12.3. The van der Waals surface area contributed by atoms with Gasteiger partial charge in [0.15, 0.2) is 6.29 Å². The molecule has 0 saturated carbocycles. The molecule has 0 saturated heterocycles. The largest absolute Gasteiger partial charge is 0.380 e. The van der Waals surface area contributed by atoms with Crippen LogP contribution in [0.3, 0.4) is 0 Å². The minimum atomic E-state index is 0.712. The Morgan fingerprint density at radius 2 is 2.17 bits per heavy atom. The molecule has 1 aromatic carbocycles. The van der Waals surface area contributed by atoms with Crippen LogP contribution in [0.25, 0.3) is 6.08 Å². The summed E-state index contributed by atoms with van der Waals surface area (Å²) in [5, 5.41) is 5.44. The first-order valence-electron chi connectivity index (χ1n) is 5.82. The van der Waals surface area contributed by atoms with Crippen molar-refractivity contribution in [1.29, 1.82) is 0 Å². The normalized spacial score (nSPS) is 10.7. The zero-order chi connectivity index (χ0) is 12.8. The van der Waals surface area contributed by atoms with Gasteiger partial charge in [0.1, 0.15) is 0 Å². The predicted octanol–water partition coefficient (Wildman–Crippen LogP) is 4.21. The minimum absolute atomic E-state index is 0.712. The molecule has 0 bridgehead atoms. The van der Waals surface area contributed by atoms with E-state index in [1.807, 2.05) is 43.3 Å². The fourth-order valence-electron chi connectivity index (χ4n) is 1.79. The van der Waals surface area contributed by atoms with Crippen LogP contribution >= 0.6 is 11.3 Å². The Hall–Kier alpha value is -1.87. The number of thiophene rings is 1. The molecule has 0 aliphatic rings. The molecule has 0 fully saturated rings. The summed E-state index contributed by atoms with van der Waals surface area (Å²) in [5.74, 6) is 0. The lowest BCUT2D eigenvalue weighted by Crippen LogP contribution is -2.01. The van der Waals surface area contributed by atoms with E-state index >= 15 is 0 Å². The highest BCUT2D eigenvalue weighted by molar-refractivity contribution is 7.09. The first kappa shape index (κ1) is 12.6. The smallest absolute Gasteiger partial charge is 0.150 e. The van der Waals surface area contributed by atoms with Crippen molar-refractivity contribution in [3.63, 3.8) is 0 Å². The van der Waals surface area contributed by atoms with Gasteiger partial charge >= 0.3 is 0 Å². The zero-order valence-corrected chi connectivity index (χ0v) is 11.0. The molecule has 0 radical (unpaired) electrons. The molecule has 2 aromatic rings. The zero-order valence-electron chi connectivity index (χ0n) is 10.2. The van der Waals surface area contributed by atoms with Crippen molar-refractivity contribution in [1.82, 2.24) is 0 Å². The van der Waals surface area contributed by atoms with Crippen LogP contribution in [0.15, 0.2) is 41.8 Å². The summed E-state index contributed by atoms with van der Waals surface area (Å²) < 4.78 is 0. The molecular formula is C15H15NOS. The molecule has 2 rings (SSSR count). The lowest BCUT2D eigenvalue weighted by Gasteiger charge is -2.10. The lowest BCUT2D eigenvalue weighted by molar-refractivity contribution is 0.112. The number of carbonyl (C=O) groups is 1.